The van der Waals surface area contributed by atoms with E-state index in [4.69, 9.17) is 5.11 Å². The Morgan fingerprint density at radius 1 is 1.19 bits per heavy atom. The highest BCUT2D eigenvalue weighted by atomic mass is 16.4. The molecule has 0 fully saturated rings. The number of carbonyl (C=O) groups is 1. The van der Waals surface area contributed by atoms with Crippen molar-refractivity contribution in [3.05, 3.63) is 0 Å². The van der Waals surface area contributed by atoms with Crippen molar-refractivity contribution in [2.45, 2.75) is 59.4 Å². The summed E-state index contributed by atoms with van der Waals surface area (Å²) in [5.74, 6) is 0.791. The molecule has 0 amide bonds. The van der Waals surface area contributed by atoms with Gasteiger partial charge in [-0.05, 0) is 44.6 Å². The summed E-state index contributed by atoms with van der Waals surface area (Å²) in [6.07, 6.45) is 3.42. The van der Waals surface area contributed by atoms with Crippen LogP contribution in [0.25, 0.3) is 0 Å². The smallest absolute Gasteiger partial charge is 0.303 e. The lowest BCUT2D eigenvalue weighted by molar-refractivity contribution is -0.137. The van der Waals surface area contributed by atoms with E-state index in [1.165, 1.54) is 12.8 Å². The summed E-state index contributed by atoms with van der Waals surface area (Å²) in [7, 11) is 0. The second-order valence-electron chi connectivity index (χ2n) is 5.32. The fourth-order valence-electron chi connectivity index (χ4n) is 2.18. The number of hydrogen-bond acceptors (Lipinski definition) is 2. The highest BCUT2D eigenvalue weighted by Crippen LogP contribution is 2.16. The molecular weight excluding hydrogens is 202 g/mol. The molecule has 0 aliphatic rings. The maximum Gasteiger partial charge on any atom is 0.303 e. The Morgan fingerprint density at radius 3 is 2.31 bits per heavy atom. The van der Waals surface area contributed by atoms with Crippen molar-refractivity contribution in [2.24, 2.45) is 11.8 Å². The van der Waals surface area contributed by atoms with Gasteiger partial charge in [-0.3, -0.25) is 4.79 Å². The Labute approximate surface area is 99.6 Å². The number of rotatable bonds is 9. The van der Waals surface area contributed by atoms with Crippen LogP contribution in [0.3, 0.4) is 0 Å². The molecular formula is C13H27NO2. The molecule has 0 rings (SSSR count). The van der Waals surface area contributed by atoms with Crippen molar-refractivity contribution < 1.29 is 9.90 Å². The van der Waals surface area contributed by atoms with E-state index in [0.29, 0.717) is 6.04 Å². The van der Waals surface area contributed by atoms with Crippen molar-refractivity contribution in [2.75, 3.05) is 6.54 Å². The summed E-state index contributed by atoms with van der Waals surface area (Å²) >= 11 is 0. The molecule has 0 aromatic heterocycles. The van der Waals surface area contributed by atoms with Crippen molar-refractivity contribution >= 4 is 5.97 Å². The second-order valence-corrected chi connectivity index (χ2v) is 5.32. The van der Waals surface area contributed by atoms with Crippen molar-refractivity contribution in [3.8, 4) is 0 Å². The lowest BCUT2D eigenvalue weighted by atomic mass is 9.93. The van der Waals surface area contributed by atoms with Crippen molar-refractivity contribution in [1.29, 1.82) is 0 Å². The molecule has 0 aromatic carbocycles. The van der Waals surface area contributed by atoms with E-state index < -0.39 is 5.97 Å². The molecule has 0 radical (unpaired) electrons. The molecule has 0 aromatic rings. The van der Waals surface area contributed by atoms with Gasteiger partial charge in [0.05, 0.1) is 0 Å². The van der Waals surface area contributed by atoms with Crippen LogP contribution in [0.2, 0.25) is 0 Å². The first-order chi connectivity index (χ1) is 7.41. The van der Waals surface area contributed by atoms with Gasteiger partial charge in [-0.1, -0.05) is 20.8 Å². The molecule has 0 aliphatic carbocycles. The van der Waals surface area contributed by atoms with Crippen LogP contribution < -0.4 is 5.32 Å². The Hall–Kier alpha value is -0.570. The summed E-state index contributed by atoms with van der Waals surface area (Å²) in [6, 6.07) is 0.488. The SMILES string of the molecule is CC(C)CC(C)CC(C)NCCCC(=O)O. The van der Waals surface area contributed by atoms with Gasteiger partial charge in [-0.25, -0.2) is 0 Å². The predicted octanol–water partition coefficient (Wildman–Crippen LogP) is 2.90. The fourth-order valence-corrected chi connectivity index (χ4v) is 2.18. The third kappa shape index (κ3) is 9.97. The van der Waals surface area contributed by atoms with Gasteiger partial charge >= 0.3 is 5.97 Å². The first-order valence-electron chi connectivity index (χ1n) is 6.37. The van der Waals surface area contributed by atoms with E-state index >= 15 is 0 Å². The van der Waals surface area contributed by atoms with E-state index in [1.807, 2.05) is 0 Å². The van der Waals surface area contributed by atoms with Crippen molar-refractivity contribution in [3.63, 3.8) is 0 Å². The van der Waals surface area contributed by atoms with Crippen LogP contribution in [0.1, 0.15) is 53.4 Å². The molecule has 0 saturated heterocycles. The minimum absolute atomic E-state index is 0.265. The maximum atomic E-state index is 10.3. The average Bonchev–Trinajstić information content (AvgIpc) is 2.10. The molecule has 0 saturated carbocycles. The highest BCUT2D eigenvalue weighted by Gasteiger charge is 2.09. The van der Waals surface area contributed by atoms with Gasteiger partial charge in [0.1, 0.15) is 0 Å². The lowest BCUT2D eigenvalue weighted by Crippen LogP contribution is -2.29. The first kappa shape index (κ1) is 15.4. The van der Waals surface area contributed by atoms with Gasteiger partial charge < -0.3 is 10.4 Å². The molecule has 0 heterocycles. The molecule has 0 spiro atoms. The third-order valence-corrected chi connectivity index (χ3v) is 2.69. The normalized spacial score (nSPS) is 15.1. The number of carboxylic acids is 1. The van der Waals surface area contributed by atoms with Gasteiger partial charge in [-0.15, -0.1) is 0 Å². The van der Waals surface area contributed by atoms with Crippen LogP contribution in [-0.4, -0.2) is 23.7 Å². The maximum absolute atomic E-state index is 10.3. The largest absolute Gasteiger partial charge is 0.481 e. The Kier molecular flexibility index (Phi) is 8.26. The van der Waals surface area contributed by atoms with E-state index in [9.17, 15) is 4.79 Å². The van der Waals surface area contributed by atoms with Gasteiger partial charge in [0.15, 0.2) is 0 Å². The summed E-state index contributed by atoms with van der Waals surface area (Å²) in [5, 5.41) is 11.9. The van der Waals surface area contributed by atoms with E-state index in [0.717, 1.165) is 24.8 Å². The molecule has 2 unspecified atom stereocenters. The van der Waals surface area contributed by atoms with E-state index in [2.05, 4.69) is 33.0 Å². The molecule has 0 bridgehead atoms. The van der Waals surface area contributed by atoms with Crippen LogP contribution in [0.15, 0.2) is 0 Å². The molecule has 2 atom stereocenters. The topological polar surface area (TPSA) is 49.3 Å². The monoisotopic (exact) mass is 229 g/mol. The zero-order chi connectivity index (χ0) is 12.6. The third-order valence-electron chi connectivity index (χ3n) is 2.69. The minimum Gasteiger partial charge on any atom is -0.481 e. The van der Waals surface area contributed by atoms with Crippen LogP contribution in [0, 0.1) is 11.8 Å². The Balaban J connectivity index is 3.50. The van der Waals surface area contributed by atoms with Crippen molar-refractivity contribution in [1.82, 2.24) is 5.32 Å². The zero-order valence-electron chi connectivity index (χ0n) is 11.1. The van der Waals surface area contributed by atoms with Crippen LogP contribution in [0.4, 0.5) is 0 Å². The minimum atomic E-state index is -0.706. The number of hydrogen-bond donors (Lipinski definition) is 2. The molecule has 3 heteroatoms. The molecule has 3 nitrogen and oxygen atoms in total. The van der Waals surface area contributed by atoms with Crippen LogP contribution in [0.5, 0.6) is 0 Å². The fraction of sp³-hybridized carbons (Fsp3) is 0.923. The quantitative estimate of drug-likeness (QED) is 0.598. The standard InChI is InChI=1S/C13H27NO2/c1-10(2)8-11(3)9-12(4)14-7-5-6-13(15)16/h10-12,14H,5-9H2,1-4H3,(H,15,16). The van der Waals surface area contributed by atoms with Gasteiger partial charge in [0.25, 0.3) is 0 Å². The molecule has 2 N–H and O–H groups in total. The zero-order valence-corrected chi connectivity index (χ0v) is 11.1. The molecule has 16 heavy (non-hydrogen) atoms. The van der Waals surface area contributed by atoms with Gasteiger partial charge in [0, 0.05) is 12.5 Å². The van der Waals surface area contributed by atoms with Gasteiger partial charge in [-0.2, -0.15) is 0 Å². The highest BCUT2D eigenvalue weighted by molar-refractivity contribution is 5.66. The molecule has 0 aliphatic heterocycles. The molecule has 96 valence electrons. The first-order valence-corrected chi connectivity index (χ1v) is 6.37. The lowest BCUT2D eigenvalue weighted by Gasteiger charge is -2.19. The average molecular weight is 229 g/mol. The van der Waals surface area contributed by atoms with Crippen LogP contribution >= 0.6 is 0 Å². The van der Waals surface area contributed by atoms with E-state index in [1.54, 1.807) is 0 Å². The van der Waals surface area contributed by atoms with E-state index in [-0.39, 0.29) is 6.42 Å². The Morgan fingerprint density at radius 2 is 1.81 bits per heavy atom. The number of nitrogens with one attached hydrogen (secondary N) is 1. The predicted molar refractivity (Wildman–Crippen MR) is 67.6 cm³/mol. The Bertz CT molecular complexity index is 192. The second kappa shape index (κ2) is 8.57. The summed E-state index contributed by atoms with van der Waals surface area (Å²) in [5.41, 5.74) is 0. The van der Waals surface area contributed by atoms with Gasteiger partial charge in [0.2, 0.25) is 0 Å². The summed E-state index contributed by atoms with van der Waals surface area (Å²) in [6.45, 7) is 9.78. The summed E-state index contributed by atoms with van der Waals surface area (Å²) in [4.78, 5) is 10.3. The number of aliphatic carboxylic acids is 1. The summed E-state index contributed by atoms with van der Waals surface area (Å²) < 4.78 is 0. The van der Waals surface area contributed by atoms with Crippen LogP contribution in [-0.2, 0) is 4.79 Å². The number of carboxylic acid groups (broad SMARTS) is 1.